The normalized spacial score (nSPS) is 11.2. The molecular weight excluding hydrogens is 236 g/mol. The van der Waals surface area contributed by atoms with Crippen LogP contribution in [0.2, 0.25) is 0 Å². The van der Waals surface area contributed by atoms with Crippen molar-refractivity contribution in [3.05, 3.63) is 18.1 Å². The standard InChI is InChI=1S/C11H18N4OS/c1-4-16-11(2,3)7-15-9-6-13-8(5-14-9)10(12)17/h5-6H,4,7H2,1-3H3,(H2,12,17)(H,14,15). The summed E-state index contributed by atoms with van der Waals surface area (Å²) in [6.07, 6.45) is 3.16. The largest absolute Gasteiger partial charge is 0.388 e. The molecule has 94 valence electrons. The molecule has 1 heterocycles. The van der Waals surface area contributed by atoms with E-state index < -0.39 is 0 Å². The summed E-state index contributed by atoms with van der Waals surface area (Å²) in [6.45, 7) is 7.34. The summed E-state index contributed by atoms with van der Waals surface area (Å²) in [7, 11) is 0. The first-order valence-electron chi connectivity index (χ1n) is 5.44. The first kappa shape index (κ1) is 13.8. The molecule has 0 aliphatic carbocycles. The average molecular weight is 254 g/mol. The highest BCUT2D eigenvalue weighted by atomic mass is 32.1. The van der Waals surface area contributed by atoms with E-state index in [1.54, 1.807) is 12.4 Å². The Hall–Kier alpha value is -1.27. The van der Waals surface area contributed by atoms with Crippen LogP contribution in [0.25, 0.3) is 0 Å². The Kier molecular flexibility index (Phi) is 4.77. The SMILES string of the molecule is CCOC(C)(C)CNc1cnc(C(N)=S)cn1. The summed E-state index contributed by atoms with van der Waals surface area (Å²) >= 11 is 4.80. The van der Waals surface area contributed by atoms with Gasteiger partial charge in [-0.25, -0.2) is 9.97 Å². The molecule has 0 aromatic carbocycles. The number of thiocarbonyl (C=S) groups is 1. The van der Waals surface area contributed by atoms with Gasteiger partial charge >= 0.3 is 0 Å². The highest BCUT2D eigenvalue weighted by Gasteiger charge is 2.17. The highest BCUT2D eigenvalue weighted by Crippen LogP contribution is 2.10. The second kappa shape index (κ2) is 5.88. The van der Waals surface area contributed by atoms with E-state index in [0.29, 0.717) is 24.7 Å². The molecule has 0 bridgehead atoms. The molecule has 1 aromatic heterocycles. The Balaban J connectivity index is 2.55. The molecule has 5 nitrogen and oxygen atoms in total. The minimum absolute atomic E-state index is 0.238. The second-order valence-electron chi connectivity index (χ2n) is 4.20. The quantitative estimate of drug-likeness (QED) is 0.746. The van der Waals surface area contributed by atoms with Crippen LogP contribution in [0.5, 0.6) is 0 Å². The van der Waals surface area contributed by atoms with Crippen molar-refractivity contribution in [1.82, 2.24) is 9.97 Å². The number of rotatable bonds is 6. The summed E-state index contributed by atoms with van der Waals surface area (Å²) in [5.41, 5.74) is 5.72. The van der Waals surface area contributed by atoms with Crippen molar-refractivity contribution < 1.29 is 4.74 Å². The van der Waals surface area contributed by atoms with Gasteiger partial charge in [0.15, 0.2) is 0 Å². The molecule has 6 heteroatoms. The zero-order chi connectivity index (χ0) is 12.9. The van der Waals surface area contributed by atoms with Crippen LogP contribution in [-0.2, 0) is 4.74 Å². The summed E-state index contributed by atoms with van der Waals surface area (Å²) in [6, 6.07) is 0. The number of nitrogens with zero attached hydrogens (tertiary/aromatic N) is 2. The van der Waals surface area contributed by atoms with Crippen molar-refractivity contribution in [2.45, 2.75) is 26.4 Å². The minimum atomic E-state index is -0.238. The van der Waals surface area contributed by atoms with Gasteiger partial charge < -0.3 is 15.8 Å². The van der Waals surface area contributed by atoms with Gasteiger partial charge in [-0.3, -0.25) is 0 Å². The molecule has 0 fully saturated rings. The van der Waals surface area contributed by atoms with E-state index in [-0.39, 0.29) is 10.6 Å². The fraction of sp³-hybridized carbons (Fsp3) is 0.545. The molecule has 0 aliphatic heterocycles. The molecule has 0 aliphatic rings. The number of aromatic nitrogens is 2. The van der Waals surface area contributed by atoms with Gasteiger partial charge in [0.25, 0.3) is 0 Å². The third-order valence-electron chi connectivity index (χ3n) is 2.13. The Morgan fingerprint density at radius 1 is 1.47 bits per heavy atom. The van der Waals surface area contributed by atoms with Crippen molar-refractivity contribution in [3.63, 3.8) is 0 Å². The summed E-state index contributed by atoms with van der Waals surface area (Å²) in [5.74, 6) is 0.678. The Labute approximate surface area is 107 Å². The lowest BCUT2D eigenvalue weighted by Gasteiger charge is -2.25. The zero-order valence-electron chi connectivity index (χ0n) is 10.4. The van der Waals surface area contributed by atoms with Crippen LogP contribution in [0.3, 0.4) is 0 Å². The predicted octanol–water partition coefficient (Wildman–Crippen LogP) is 1.34. The first-order chi connectivity index (χ1) is 7.94. The molecule has 0 atom stereocenters. The number of nitrogens with two attached hydrogens (primary N) is 1. The van der Waals surface area contributed by atoms with Gasteiger partial charge in [0, 0.05) is 13.2 Å². The Morgan fingerprint density at radius 2 is 2.18 bits per heavy atom. The van der Waals surface area contributed by atoms with Gasteiger partial charge in [-0.15, -0.1) is 0 Å². The molecule has 0 radical (unpaired) electrons. The lowest BCUT2D eigenvalue weighted by molar-refractivity contribution is 0.000639. The van der Waals surface area contributed by atoms with Crippen LogP contribution >= 0.6 is 12.2 Å². The van der Waals surface area contributed by atoms with Crippen LogP contribution in [-0.4, -0.2) is 33.7 Å². The van der Waals surface area contributed by atoms with E-state index in [0.717, 1.165) is 0 Å². The number of hydrogen-bond acceptors (Lipinski definition) is 5. The first-order valence-corrected chi connectivity index (χ1v) is 5.85. The number of hydrogen-bond donors (Lipinski definition) is 2. The molecule has 0 spiro atoms. The van der Waals surface area contributed by atoms with Gasteiger partial charge in [0.1, 0.15) is 16.5 Å². The summed E-state index contributed by atoms with van der Waals surface area (Å²) < 4.78 is 5.56. The van der Waals surface area contributed by atoms with E-state index in [2.05, 4.69) is 15.3 Å². The second-order valence-corrected chi connectivity index (χ2v) is 4.64. The van der Waals surface area contributed by atoms with Gasteiger partial charge in [-0.1, -0.05) is 12.2 Å². The predicted molar refractivity (Wildman–Crippen MR) is 72.1 cm³/mol. The van der Waals surface area contributed by atoms with Crippen molar-refractivity contribution in [2.75, 3.05) is 18.5 Å². The topological polar surface area (TPSA) is 73.1 Å². The van der Waals surface area contributed by atoms with Gasteiger partial charge in [0.05, 0.1) is 18.0 Å². The van der Waals surface area contributed by atoms with E-state index in [1.807, 2.05) is 20.8 Å². The van der Waals surface area contributed by atoms with E-state index in [1.165, 1.54) is 0 Å². The maximum absolute atomic E-state index is 5.56. The Bertz CT molecular complexity index is 378. The lowest BCUT2D eigenvalue weighted by Crippen LogP contribution is -2.33. The van der Waals surface area contributed by atoms with Gasteiger partial charge in [-0.05, 0) is 20.8 Å². The van der Waals surface area contributed by atoms with Crippen molar-refractivity contribution >= 4 is 23.0 Å². The van der Waals surface area contributed by atoms with Crippen LogP contribution < -0.4 is 11.1 Å². The fourth-order valence-corrected chi connectivity index (χ4v) is 1.40. The van der Waals surface area contributed by atoms with Crippen LogP contribution in [0.15, 0.2) is 12.4 Å². The smallest absolute Gasteiger partial charge is 0.144 e. The molecule has 3 N–H and O–H groups in total. The zero-order valence-corrected chi connectivity index (χ0v) is 11.2. The fourth-order valence-electron chi connectivity index (χ4n) is 1.29. The molecule has 0 amide bonds. The molecular formula is C11H18N4OS. The molecule has 0 unspecified atom stereocenters. The number of anilines is 1. The van der Waals surface area contributed by atoms with Crippen molar-refractivity contribution in [2.24, 2.45) is 5.73 Å². The minimum Gasteiger partial charge on any atom is -0.388 e. The van der Waals surface area contributed by atoms with E-state index in [9.17, 15) is 0 Å². The third kappa shape index (κ3) is 4.62. The highest BCUT2D eigenvalue weighted by molar-refractivity contribution is 7.80. The number of ether oxygens (including phenoxy) is 1. The lowest BCUT2D eigenvalue weighted by atomic mass is 10.1. The van der Waals surface area contributed by atoms with E-state index >= 15 is 0 Å². The molecule has 1 aromatic rings. The molecule has 0 saturated heterocycles. The van der Waals surface area contributed by atoms with Gasteiger partial charge in [-0.2, -0.15) is 0 Å². The number of nitrogens with one attached hydrogen (secondary N) is 1. The third-order valence-corrected chi connectivity index (χ3v) is 2.34. The molecule has 17 heavy (non-hydrogen) atoms. The summed E-state index contributed by atoms with van der Waals surface area (Å²) in [5, 5.41) is 3.15. The molecule has 1 rings (SSSR count). The molecule has 0 saturated carbocycles. The van der Waals surface area contributed by atoms with Crippen molar-refractivity contribution in [3.8, 4) is 0 Å². The van der Waals surface area contributed by atoms with Crippen molar-refractivity contribution in [1.29, 1.82) is 0 Å². The average Bonchev–Trinajstić information content (AvgIpc) is 2.27. The monoisotopic (exact) mass is 254 g/mol. The van der Waals surface area contributed by atoms with Gasteiger partial charge in [0.2, 0.25) is 0 Å². The maximum Gasteiger partial charge on any atom is 0.144 e. The Morgan fingerprint density at radius 3 is 2.65 bits per heavy atom. The van der Waals surface area contributed by atoms with Crippen LogP contribution in [0.1, 0.15) is 26.5 Å². The van der Waals surface area contributed by atoms with E-state index in [4.69, 9.17) is 22.7 Å². The summed E-state index contributed by atoms with van der Waals surface area (Å²) in [4.78, 5) is 8.51. The van der Waals surface area contributed by atoms with Crippen LogP contribution in [0, 0.1) is 0 Å². The maximum atomic E-state index is 5.56. The van der Waals surface area contributed by atoms with Crippen LogP contribution in [0.4, 0.5) is 5.82 Å².